The largest absolute Gasteiger partial charge is 0.356 e. The van der Waals surface area contributed by atoms with Gasteiger partial charge in [-0.2, -0.15) is 0 Å². The highest BCUT2D eigenvalue weighted by molar-refractivity contribution is 7.18. The second-order valence-corrected chi connectivity index (χ2v) is 8.91. The summed E-state index contributed by atoms with van der Waals surface area (Å²) in [7, 11) is 0. The molecule has 0 spiro atoms. The minimum absolute atomic E-state index is 0.0104. The van der Waals surface area contributed by atoms with E-state index in [9.17, 15) is 9.59 Å². The van der Waals surface area contributed by atoms with Gasteiger partial charge in [0.05, 0.1) is 5.39 Å². The molecule has 0 unspecified atom stereocenters. The van der Waals surface area contributed by atoms with Crippen molar-refractivity contribution in [3.8, 4) is 0 Å². The predicted octanol–water partition coefficient (Wildman–Crippen LogP) is 3.57. The normalized spacial score (nSPS) is 13.2. The van der Waals surface area contributed by atoms with Gasteiger partial charge in [-0.05, 0) is 48.8 Å². The van der Waals surface area contributed by atoms with Gasteiger partial charge in [0.2, 0.25) is 5.91 Å². The summed E-state index contributed by atoms with van der Waals surface area (Å²) in [6.45, 7) is 1.49. The number of carbonyl (C=O) groups excluding carboxylic acids is 1. The first-order valence-electron chi connectivity index (χ1n) is 10.5. The third-order valence-corrected chi connectivity index (χ3v) is 6.98. The highest BCUT2D eigenvalue weighted by Gasteiger charge is 2.21. The molecule has 3 heterocycles. The maximum Gasteiger partial charge on any atom is 0.259 e. The number of thiophene rings is 1. The van der Waals surface area contributed by atoms with Crippen LogP contribution in [-0.4, -0.2) is 27.0 Å². The van der Waals surface area contributed by atoms with Gasteiger partial charge in [-0.25, -0.2) is 4.98 Å². The number of amides is 1. The standard InChI is InChI=1S/C23H24N4O2S/c28-20(24-12-4-13-27-14-11-15-5-1-2-7-17(15)27)10-9-19-25-22(29)21-16-6-3-8-18(16)30-23(21)26-19/h1-2,5,7,11,14H,3-4,6,8-10,12-13H2,(H,24,28)(H,25,26,29). The zero-order valence-corrected chi connectivity index (χ0v) is 17.6. The van der Waals surface area contributed by atoms with Crippen molar-refractivity contribution in [1.29, 1.82) is 0 Å². The quantitative estimate of drug-likeness (QED) is 0.449. The summed E-state index contributed by atoms with van der Waals surface area (Å²) in [5, 5.41) is 4.97. The van der Waals surface area contributed by atoms with E-state index in [1.165, 1.54) is 21.3 Å². The van der Waals surface area contributed by atoms with Crippen LogP contribution in [-0.2, 0) is 30.6 Å². The monoisotopic (exact) mass is 420 g/mol. The van der Waals surface area contributed by atoms with Crippen molar-refractivity contribution in [2.45, 2.75) is 45.1 Å². The Balaban J connectivity index is 1.13. The van der Waals surface area contributed by atoms with Gasteiger partial charge in [0.1, 0.15) is 10.7 Å². The average Bonchev–Trinajstić information content (AvgIpc) is 3.44. The van der Waals surface area contributed by atoms with Crippen LogP contribution < -0.4 is 10.9 Å². The van der Waals surface area contributed by atoms with E-state index in [4.69, 9.17) is 0 Å². The zero-order chi connectivity index (χ0) is 20.5. The van der Waals surface area contributed by atoms with Crippen molar-refractivity contribution in [2.24, 2.45) is 0 Å². The molecule has 1 amide bonds. The van der Waals surface area contributed by atoms with Crippen molar-refractivity contribution < 1.29 is 4.79 Å². The summed E-state index contributed by atoms with van der Waals surface area (Å²) in [6.07, 6.45) is 6.87. The Morgan fingerprint density at radius 1 is 1.23 bits per heavy atom. The lowest BCUT2D eigenvalue weighted by Gasteiger charge is -2.07. The molecule has 3 aromatic heterocycles. The van der Waals surface area contributed by atoms with Gasteiger partial charge in [-0.1, -0.05) is 18.2 Å². The minimum Gasteiger partial charge on any atom is -0.356 e. The molecule has 0 aliphatic heterocycles. The van der Waals surface area contributed by atoms with Crippen molar-refractivity contribution in [3.05, 3.63) is 63.1 Å². The number of nitrogens with one attached hydrogen (secondary N) is 2. The first-order chi connectivity index (χ1) is 14.7. The SMILES string of the molecule is O=C(CCc1nc2sc3c(c2c(=O)[nH]1)CCC3)NCCCn1ccc2ccccc21. The van der Waals surface area contributed by atoms with Crippen molar-refractivity contribution in [2.75, 3.05) is 6.54 Å². The summed E-state index contributed by atoms with van der Waals surface area (Å²) in [6, 6.07) is 10.4. The molecule has 2 N–H and O–H groups in total. The lowest BCUT2D eigenvalue weighted by molar-refractivity contribution is -0.121. The van der Waals surface area contributed by atoms with Gasteiger partial charge in [-0.15, -0.1) is 11.3 Å². The molecule has 4 aromatic rings. The number of para-hydroxylation sites is 1. The number of H-pyrrole nitrogens is 1. The van der Waals surface area contributed by atoms with Gasteiger partial charge < -0.3 is 14.9 Å². The van der Waals surface area contributed by atoms with Crippen LogP contribution in [0.1, 0.15) is 35.5 Å². The van der Waals surface area contributed by atoms with Crippen molar-refractivity contribution in [1.82, 2.24) is 19.9 Å². The Hall–Kier alpha value is -2.93. The van der Waals surface area contributed by atoms with E-state index in [1.807, 2.05) is 12.1 Å². The molecule has 0 bridgehead atoms. The molecular formula is C23H24N4O2S. The molecule has 1 aromatic carbocycles. The molecule has 7 heteroatoms. The number of rotatable bonds is 7. The maximum absolute atomic E-state index is 12.5. The first-order valence-corrected chi connectivity index (χ1v) is 11.3. The van der Waals surface area contributed by atoms with Gasteiger partial charge in [0, 0.05) is 42.5 Å². The minimum atomic E-state index is -0.0613. The molecule has 0 saturated heterocycles. The Morgan fingerprint density at radius 2 is 2.13 bits per heavy atom. The molecule has 30 heavy (non-hydrogen) atoms. The molecular weight excluding hydrogens is 396 g/mol. The van der Waals surface area contributed by atoms with Crippen molar-refractivity contribution >= 4 is 38.4 Å². The third kappa shape index (κ3) is 3.65. The molecule has 0 saturated carbocycles. The van der Waals surface area contributed by atoms with Crippen LogP contribution in [0, 0.1) is 0 Å². The highest BCUT2D eigenvalue weighted by Crippen LogP contribution is 2.34. The second-order valence-electron chi connectivity index (χ2n) is 7.82. The van der Waals surface area contributed by atoms with Crippen LogP contribution in [0.4, 0.5) is 0 Å². The first kappa shape index (κ1) is 19.1. The average molecular weight is 421 g/mol. The maximum atomic E-state index is 12.5. The number of carbonyl (C=O) groups is 1. The summed E-state index contributed by atoms with van der Waals surface area (Å²) in [4.78, 5) is 34.3. The van der Waals surface area contributed by atoms with Crippen LogP contribution in [0.15, 0.2) is 41.3 Å². The molecule has 6 nitrogen and oxygen atoms in total. The lowest BCUT2D eigenvalue weighted by atomic mass is 10.2. The van der Waals surface area contributed by atoms with E-state index in [0.29, 0.717) is 25.2 Å². The fourth-order valence-corrected chi connectivity index (χ4v) is 5.58. The number of hydrogen-bond donors (Lipinski definition) is 2. The zero-order valence-electron chi connectivity index (χ0n) is 16.7. The van der Waals surface area contributed by atoms with Gasteiger partial charge in [-0.3, -0.25) is 9.59 Å². The molecule has 0 fully saturated rings. The number of aromatic nitrogens is 3. The second kappa shape index (κ2) is 8.07. The van der Waals surface area contributed by atoms with E-state index in [-0.39, 0.29) is 11.5 Å². The van der Waals surface area contributed by atoms with Crippen molar-refractivity contribution in [3.63, 3.8) is 0 Å². The number of benzene rings is 1. The van der Waals surface area contributed by atoms with Crippen LogP contribution in [0.25, 0.3) is 21.1 Å². The number of fused-ring (bicyclic) bond motifs is 4. The summed E-state index contributed by atoms with van der Waals surface area (Å²) < 4.78 is 2.21. The lowest BCUT2D eigenvalue weighted by Crippen LogP contribution is -2.26. The van der Waals surface area contributed by atoms with Crippen LogP contribution in [0.5, 0.6) is 0 Å². The van der Waals surface area contributed by atoms with Crippen LogP contribution in [0.2, 0.25) is 0 Å². The Kier molecular flexibility index (Phi) is 5.12. The molecule has 0 radical (unpaired) electrons. The number of nitrogens with zero attached hydrogens (tertiary/aromatic N) is 2. The Morgan fingerprint density at radius 3 is 3.07 bits per heavy atom. The topological polar surface area (TPSA) is 79.8 Å². The molecule has 0 atom stereocenters. The van der Waals surface area contributed by atoms with E-state index in [1.54, 1.807) is 11.3 Å². The number of aromatic amines is 1. The third-order valence-electron chi connectivity index (χ3n) is 5.79. The Labute approximate surface area is 178 Å². The summed E-state index contributed by atoms with van der Waals surface area (Å²) in [5.74, 6) is 0.588. The van der Waals surface area contributed by atoms with Gasteiger partial charge in [0.25, 0.3) is 5.56 Å². The smallest absolute Gasteiger partial charge is 0.259 e. The van der Waals surface area contributed by atoms with Gasteiger partial charge in [0.15, 0.2) is 0 Å². The van der Waals surface area contributed by atoms with Gasteiger partial charge >= 0.3 is 0 Å². The fourth-order valence-electron chi connectivity index (χ4n) is 4.30. The molecule has 5 rings (SSSR count). The van der Waals surface area contributed by atoms with E-state index >= 15 is 0 Å². The Bertz CT molecular complexity index is 1280. The summed E-state index contributed by atoms with van der Waals surface area (Å²) in [5.41, 5.74) is 2.34. The highest BCUT2D eigenvalue weighted by atomic mass is 32.1. The number of aryl methyl sites for hydroxylation is 4. The molecule has 1 aliphatic rings. The van der Waals surface area contributed by atoms with Crippen LogP contribution >= 0.6 is 11.3 Å². The number of hydrogen-bond acceptors (Lipinski definition) is 4. The fraction of sp³-hybridized carbons (Fsp3) is 0.348. The van der Waals surface area contributed by atoms with E-state index in [0.717, 1.165) is 42.4 Å². The van der Waals surface area contributed by atoms with Crippen LogP contribution in [0.3, 0.4) is 0 Å². The molecule has 1 aliphatic carbocycles. The van der Waals surface area contributed by atoms with E-state index in [2.05, 4.69) is 44.2 Å². The predicted molar refractivity (Wildman–Crippen MR) is 120 cm³/mol. The summed E-state index contributed by atoms with van der Waals surface area (Å²) >= 11 is 1.63. The molecule has 154 valence electrons. The van der Waals surface area contributed by atoms with E-state index < -0.39 is 0 Å².